The summed E-state index contributed by atoms with van der Waals surface area (Å²) >= 11 is 4.19. The molecule has 3 unspecified atom stereocenters. The molecule has 100 valence electrons. The smallest absolute Gasteiger partial charge is 0.330 e. The van der Waals surface area contributed by atoms with Gasteiger partial charge in [-0.15, -0.1) is 0 Å². The molecular weight excluding hydrogens is 256 g/mol. The molecule has 0 saturated carbocycles. The third-order valence-electron chi connectivity index (χ3n) is 3.13. The molecule has 2 rings (SSSR count). The minimum atomic E-state index is -0.491. The van der Waals surface area contributed by atoms with E-state index in [1.165, 1.54) is 16.8 Å². The Hall–Kier alpha value is -1.05. The van der Waals surface area contributed by atoms with Gasteiger partial charge in [0.15, 0.2) is 0 Å². The zero-order valence-electron chi connectivity index (χ0n) is 9.78. The number of nitrogens with one attached hydrogen (secondary N) is 1. The van der Waals surface area contributed by atoms with Crippen LogP contribution in [0.2, 0.25) is 0 Å². The molecule has 1 fully saturated rings. The van der Waals surface area contributed by atoms with Gasteiger partial charge in [0.05, 0.1) is 12.7 Å². The fourth-order valence-corrected chi connectivity index (χ4v) is 2.61. The Labute approximate surface area is 109 Å². The number of rotatable bonds is 4. The van der Waals surface area contributed by atoms with E-state index in [9.17, 15) is 9.59 Å². The lowest BCUT2D eigenvalue weighted by molar-refractivity contribution is -0.0356. The summed E-state index contributed by atoms with van der Waals surface area (Å²) in [6.45, 7) is -0.0718. The van der Waals surface area contributed by atoms with Crippen molar-refractivity contribution in [3.8, 4) is 0 Å². The fourth-order valence-electron chi connectivity index (χ4n) is 2.28. The molecule has 1 saturated heterocycles. The third kappa shape index (κ3) is 2.68. The molecule has 7 heteroatoms. The number of H-pyrrole nitrogens is 1. The lowest BCUT2D eigenvalue weighted by atomic mass is 10.0. The predicted molar refractivity (Wildman–Crippen MR) is 68.9 cm³/mol. The lowest BCUT2D eigenvalue weighted by Crippen LogP contribution is -2.33. The molecule has 0 aliphatic carbocycles. The Morgan fingerprint density at radius 1 is 1.56 bits per heavy atom. The van der Waals surface area contributed by atoms with Gasteiger partial charge in [-0.3, -0.25) is 14.3 Å². The summed E-state index contributed by atoms with van der Waals surface area (Å²) in [4.78, 5) is 24.9. The van der Waals surface area contributed by atoms with Crippen LogP contribution in [0.1, 0.15) is 19.1 Å². The zero-order valence-corrected chi connectivity index (χ0v) is 10.7. The number of aromatic nitrogens is 2. The van der Waals surface area contributed by atoms with E-state index in [1.54, 1.807) is 0 Å². The molecule has 1 aliphatic heterocycles. The second kappa shape index (κ2) is 5.73. The van der Waals surface area contributed by atoms with E-state index >= 15 is 0 Å². The standard InChI is InChI=1S/C11H16N2O4S/c14-6-8-5-7(2-4-18)10(17-8)13-3-1-9(15)12-11(13)16/h1,3,7-8,10,14,18H,2,4-6H2,(H,12,15,16). The van der Waals surface area contributed by atoms with Gasteiger partial charge in [-0.05, 0) is 18.6 Å². The van der Waals surface area contributed by atoms with E-state index in [0.717, 1.165) is 6.42 Å². The zero-order chi connectivity index (χ0) is 13.1. The molecular formula is C11H16N2O4S. The van der Waals surface area contributed by atoms with Crippen molar-refractivity contribution in [3.63, 3.8) is 0 Å². The number of hydrogen-bond donors (Lipinski definition) is 3. The summed E-state index contributed by atoms with van der Waals surface area (Å²) in [6.07, 6.45) is 2.19. The molecule has 6 nitrogen and oxygen atoms in total. The highest BCUT2D eigenvalue weighted by molar-refractivity contribution is 7.80. The molecule has 1 aromatic rings. The van der Waals surface area contributed by atoms with E-state index in [4.69, 9.17) is 9.84 Å². The van der Waals surface area contributed by atoms with E-state index in [1.807, 2.05) is 0 Å². The van der Waals surface area contributed by atoms with E-state index in [-0.39, 0.29) is 18.6 Å². The molecule has 1 aromatic heterocycles. The Morgan fingerprint density at radius 2 is 2.33 bits per heavy atom. The van der Waals surface area contributed by atoms with Crippen LogP contribution in [-0.2, 0) is 4.74 Å². The Balaban J connectivity index is 2.29. The quantitative estimate of drug-likeness (QED) is 0.660. The molecule has 0 radical (unpaired) electrons. The van der Waals surface area contributed by atoms with Crippen LogP contribution in [0.5, 0.6) is 0 Å². The summed E-state index contributed by atoms with van der Waals surface area (Å²) in [5.74, 6) is 0.795. The van der Waals surface area contributed by atoms with Gasteiger partial charge in [-0.25, -0.2) is 4.79 Å². The van der Waals surface area contributed by atoms with Crippen molar-refractivity contribution < 1.29 is 9.84 Å². The van der Waals surface area contributed by atoms with E-state index in [2.05, 4.69) is 17.6 Å². The van der Waals surface area contributed by atoms with Crippen molar-refractivity contribution in [3.05, 3.63) is 33.1 Å². The number of ether oxygens (including phenoxy) is 1. The Kier molecular flexibility index (Phi) is 4.26. The summed E-state index contributed by atoms with van der Waals surface area (Å²) in [6, 6.07) is 1.29. The van der Waals surface area contributed by atoms with Crippen LogP contribution in [0, 0.1) is 5.92 Å². The molecule has 2 N–H and O–H groups in total. The van der Waals surface area contributed by atoms with E-state index in [0.29, 0.717) is 12.2 Å². The number of thiol groups is 1. The molecule has 0 spiro atoms. The maximum absolute atomic E-state index is 11.7. The molecule has 2 heterocycles. The molecule has 1 aliphatic rings. The average molecular weight is 272 g/mol. The van der Waals surface area contributed by atoms with Gasteiger partial charge in [0.2, 0.25) is 0 Å². The first-order chi connectivity index (χ1) is 8.65. The largest absolute Gasteiger partial charge is 0.394 e. The number of aliphatic hydroxyl groups is 1. The Bertz CT molecular complexity index is 512. The average Bonchev–Trinajstić information content (AvgIpc) is 2.73. The molecule has 18 heavy (non-hydrogen) atoms. The van der Waals surface area contributed by atoms with Gasteiger partial charge >= 0.3 is 5.69 Å². The van der Waals surface area contributed by atoms with Crippen molar-refractivity contribution in [2.24, 2.45) is 5.92 Å². The first kappa shape index (κ1) is 13.4. The maximum atomic E-state index is 11.7. The van der Waals surface area contributed by atoms with E-state index < -0.39 is 17.5 Å². The van der Waals surface area contributed by atoms with Crippen molar-refractivity contribution in [1.82, 2.24) is 9.55 Å². The molecule has 0 aromatic carbocycles. The van der Waals surface area contributed by atoms with Crippen molar-refractivity contribution in [2.45, 2.75) is 25.2 Å². The highest BCUT2D eigenvalue weighted by atomic mass is 32.1. The van der Waals surface area contributed by atoms with Gasteiger partial charge in [-0.2, -0.15) is 12.6 Å². The van der Waals surface area contributed by atoms with Crippen LogP contribution in [-0.4, -0.2) is 33.1 Å². The fraction of sp³-hybridized carbons (Fsp3) is 0.636. The van der Waals surface area contributed by atoms with Crippen molar-refractivity contribution >= 4 is 12.6 Å². The molecule has 3 atom stereocenters. The second-order valence-corrected chi connectivity index (χ2v) is 4.80. The number of aliphatic hydroxyl groups excluding tert-OH is 1. The topological polar surface area (TPSA) is 84.3 Å². The van der Waals surface area contributed by atoms with Crippen LogP contribution in [0.25, 0.3) is 0 Å². The van der Waals surface area contributed by atoms with Gasteiger partial charge in [0.1, 0.15) is 6.23 Å². The highest BCUT2D eigenvalue weighted by Crippen LogP contribution is 2.35. The van der Waals surface area contributed by atoms with Crippen LogP contribution in [0.3, 0.4) is 0 Å². The Morgan fingerprint density at radius 3 is 2.94 bits per heavy atom. The number of hydrogen-bond acceptors (Lipinski definition) is 5. The van der Waals surface area contributed by atoms with Crippen LogP contribution in [0.4, 0.5) is 0 Å². The van der Waals surface area contributed by atoms with Crippen LogP contribution < -0.4 is 11.2 Å². The lowest BCUT2D eigenvalue weighted by Gasteiger charge is -2.19. The van der Waals surface area contributed by atoms with Crippen LogP contribution >= 0.6 is 12.6 Å². The normalized spacial score (nSPS) is 27.6. The molecule has 0 bridgehead atoms. The highest BCUT2D eigenvalue weighted by Gasteiger charge is 2.35. The first-order valence-electron chi connectivity index (χ1n) is 5.84. The summed E-state index contributed by atoms with van der Waals surface area (Å²) in [5.41, 5.74) is -0.922. The predicted octanol–water partition coefficient (Wildman–Crippen LogP) is -0.248. The van der Waals surface area contributed by atoms with Crippen molar-refractivity contribution in [2.75, 3.05) is 12.4 Å². The summed E-state index contributed by atoms with van der Waals surface area (Å²) in [5, 5.41) is 9.14. The van der Waals surface area contributed by atoms with Gasteiger partial charge in [0, 0.05) is 18.2 Å². The number of nitrogens with zero attached hydrogens (tertiary/aromatic N) is 1. The first-order valence-corrected chi connectivity index (χ1v) is 6.47. The second-order valence-electron chi connectivity index (χ2n) is 4.36. The molecule has 0 amide bonds. The van der Waals surface area contributed by atoms with Gasteiger partial charge in [0.25, 0.3) is 5.56 Å². The minimum Gasteiger partial charge on any atom is -0.394 e. The third-order valence-corrected chi connectivity index (χ3v) is 3.39. The van der Waals surface area contributed by atoms with Crippen molar-refractivity contribution in [1.29, 1.82) is 0 Å². The minimum absolute atomic E-state index is 0.0718. The summed E-state index contributed by atoms with van der Waals surface area (Å²) < 4.78 is 7.01. The maximum Gasteiger partial charge on any atom is 0.330 e. The SMILES string of the molecule is O=c1ccn(C2OC(CO)CC2CCS)c(=O)[nH]1. The number of aromatic amines is 1. The summed E-state index contributed by atoms with van der Waals surface area (Å²) in [7, 11) is 0. The van der Waals surface area contributed by atoms with Gasteiger partial charge < -0.3 is 9.84 Å². The van der Waals surface area contributed by atoms with Gasteiger partial charge in [-0.1, -0.05) is 0 Å². The monoisotopic (exact) mass is 272 g/mol. The van der Waals surface area contributed by atoms with Crippen LogP contribution in [0.15, 0.2) is 21.9 Å².